The van der Waals surface area contributed by atoms with Gasteiger partial charge in [0.1, 0.15) is 0 Å². The van der Waals surface area contributed by atoms with Crippen LogP contribution >= 0.6 is 0 Å². The van der Waals surface area contributed by atoms with Crippen LogP contribution in [0.15, 0.2) is 0 Å². The lowest BCUT2D eigenvalue weighted by Crippen LogP contribution is -2.59. The van der Waals surface area contributed by atoms with Gasteiger partial charge in [-0.3, -0.25) is 4.79 Å². The Kier molecular flexibility index (Phi) is 5.44. The summed E-state index contributed by atoms with van der Waals surface area (Å²) in [6.07, 6.45) is 2.14. The fourth-order valence-corrected chi connectivity index (χ4v) is 2.32. The molecule has 1 saturated heterocycles. The highest BCUT2D eigenvalue weighted by Crippen LogP contribution is 2.19. The molecule has 3 heteroatoms. The number of carbonyl (C=O) groups is 1. The van der Waals surface area contributed by atoms with Gasteiger partial charge in [-0.05, 0) is 18.8 Å². The summed E-state index contributed by atoms with van der Waals surface area (Å²) in [6.45, 7) is 12.5. The third-order valence-corrected chi connectivity index (χ3v) is 4.14. The number of nitrogens with one attached hydrogen (secondary N) is 1. The van der Waals surface area contributed by atoms with Crippen molar-refractivity contribution >= 4 is 5.91 Å². The molecular formula is C14H28N2O. The van der Waals surface area contributed by atoms with Crippen LogP contribution < -0.4 is 5.32 Å². The highest BCUT2D eigenvalue weighted by Gasteiger charge is 2.32. The van der Waals surface area contributed by atoms with Crippen LogP contribution in [-0.4, -0.2) is 36.0 Å². The van der Waals surface area contributed by atoms with Crippen molar-refractivity contribution in [3.05, 3.63) is 0 Å². The Labute approximate surface area is 106 Å². The monoisotopic (exact) mass is 240 g/mol. The molecule has 0 aliphatic carbocycles. The number of rotatable bonds is 4. The van der Waals surface area contributed by atoms with Crippen LogP contribution in [0.2, 0.25) is 0 Å². The van der Waals surface area contributed by atoms with Crippen LogP contribution in [0.3, 0.4) is 0 Å². The lowest BCUT2D eigenvalue weighted by Gasteiger charge is -2.41. The van der Waals surface area contributed by atoms with Crippen molar-refractivity contribution in [1.82, 2.24) is 10.2 Å². The Morgan fingerprint density at radius 1 is 1.29 bits per heavy atom. The number of nitrogens with zero attached hydrogens (tertiary/aromatic N) is 1. The fourth-order valence-electron chi connectivity index (χ4n) is 2.32. The van der Waals surface area contributed by atoms with Crippen molar-refractivity contribution in [3.63, 3.8) is 0 Å². The zero-order chi connectivity index (χ0) is 13.0. The predicted octanol–water partition coefficient (Wildman–Crippen LogP) is 2.27. The molecular weight excluding hydrogens is 212 g/mol. The molecule has 0 aromatic heterocycles. The van der Waals surface area contributed by atoms with Gasteiger partial charge in [0, 0.05) is 31.1 Å². The lowest BCUT2D eigenvalue weighted by atomic mass is 9.94. The number of amides is 1. The van der Waals surface area contributed by atoms with Crippen LogP contribution in [0, 0.1) is 11.8 Å². The van der Waals surface area contributed by atoms with Gasteiger partial charge in [-0.2, -0.15) is 0 Å². The Morgan fingerprint density at radius 3 is 2.41 bits per heavy atom. The molecule has 0 aromatic rings. The molecule has 1 fully saturated rings. The molecule has 1 N–H and O–H groups in total. The minimum atomic E-state index is 0.139. The second kappa shape index (κ2) is 6.39. The molecule has 1 amide bonds. The highest BCUT2D eigenvalue weighted by molar-refractivity contribution is 5.79. The van der Waals surface area contributed by atoms with E-state index in [2.05, 4.69) is 44.8 Å². The van der Waals surface area contributed by atoms with E-state index < -0.39 is 0 Å². The van der Waals surface area contributed by atoms with E-state index in [1.54, 1.807) is 0 Å². The summed E-state index contributed by atoms with van der Waals surface area (Å²) in [7, 11) is 0. The van der Waals surface area contributed by atoms with Gasteiger partial charge in [0.25, 0.3) is 0 Å². The predicted molar refractivity (Wildman–Crippen MR) is 71.9 cm³/mol. The molecule has 1 rings (SSSR count). The van der Waals surface area contributed by atoms with Gasteiger partial charge in [0.2, 0.25) is 5.91 Å². The Balaban J connectivity index is 2.72. The van der Waals surface area contributed by atoms with Crippen LogP contribution in [-0.2, 0) is 4.79 Å². The van der Waals surface area contributed by atoms with Crippen molar-refractivity contribution in [2.45, 2.75) is 59.5 Å². The first-order valence-electron chi connectivity index (χ1n) is 7.05. The summed E-state index contributed by atoms with van der Waals surface area (Å²) in [5, 5.41) is 3.53. The normalized spacial score (nSPS) is 27.3. The van der Waals surface area contributed by atoms with E-state index in [1.807, 2.05) is 0 Å². The van der Waals surface area contributed by atoms with Crippen molar-refractivity contribution in [2.24, 2.45) is 11.8 Å². The number of piperazine rings is 1. The maximum absolute atomic E-state index is 12.5. The molecule has 0 saturated carbocycles. The molecule has 1 aliphatic heterocycles. The molecule has 1 heterocycles. The molecule has 100 valence electrons. The Bertz CT molecular complexity index is 253. The first-order chi connectivity index (χ1) is 8.01. The Hall–Kier alpha value is -0.570. The maximum Gasteiger partial charge on any atom is 0.226 e. The molecule has 0 spiro atoms. The molecule has 3 nitrogen and oxygen atoms in total. The standard InChI is InChI=1S/C14H28N2O/c1-6-12-9-16(13(7-2)8-15-12)14(17)11(5)10(3)4/h10-13,15H,6-9H2,1-5H3. The smallest absolute Gasteiger partial charge is 0.226 e. The minimum Gasteiger partial charge on any atom is -0.337 e. The fraction of sp³-hybridized carbons (Fsp3) is 0.929. The summed E-state index contributed by atoms with van der Waals surface area (Å²) in [6, 6.07) is 0.854. The minimum absolute atomic E-state index is 0.139. The molecule has 3 unspecified atom stereocenters. The average molecular weight is 240 g/mol. The SMILES string of the molecule is CCC1CN(C(=O)C(C)C(C)C)C(CC)CN1. The quantitative estimate of drug-likeness (QED) is 0.817. The van der Waals surface area contributed by atoms with Crippen molar-refractivity contribution in [3.8, 4) is 0 Å². The van der Waals surface area contributed by atoms with E-state index in [1.165, 1.54) is 0 Å². The second-order valence-electron chi connectivity index (χ2n) is 5.60. The van der Waals surface area contributed by atoms with Gasteiger partial charge < -0.3 is 10.2 Å². The van der Waals surface area contributed by atoms with E-state index >= 15 is 0 Å². The molecule has 17 heavy (non-hydrogen) atoms. The third kappa shape index (κ3) is 3.44. The molecule has 0 bridgehead atoms. The van der Waals surface area contributed by atoms with Crippen LogP contribution in [0.4, 0.5) is 0 Å². The van der Waals surface area contributed by atoms with Gasteiger partial charge in [0.05, 0.1) is 0 Å². The van der Waals surface area contributed by atoms with Gasteiger partial charge >= 0.3 is 0 Å². The van der Waals surface area contributed by atoms with Gasteiger partial charge in [0.15, 0.2) is 0 Å². The Morgan fingerprint density at radius 2 is 1.94 bits per heavy atom. The zero-order valence-corrected chi connectivity index (χ0v) is 12.0. The topological polar surface area (TPSA) is 32.3 Å². The second-order valence-corrected chi connectivity index (χ2v) is 5.60. The van der Waals surface area contributed by atoms with Crippen molar-refractivity contribution in [2.75, 3.05) is 13.1 Å². The van der Waals surface area contributed by atoms with E-state index in [0.29, 0.717) is 23.9 Å². The maximum atomic E-state index is 12.5. The molecule has 1 aliphatic rings. The highest BCUT2D eigenvalue weighted by atomic mass is 16.2. The van der Waals surface area contributed by atoms with Crippen LogP contribution in [0.1, 0.15) is 47.5 Å². The van der Waals surface area contributed by atoms with E-state index in [9.17, 15) is 4.79 Å². The first-order valence-corrected chi connectivity index (χ1v) is 7.05. The summed E-state index contributed by atoms with van der Waals surface area (Å²) in [5.41, 5.74) is 0. The third-order valence-electron chi connectivity index (χ3n) is 4.14. The summed E-state index contributed by atoms with van der Waals surface area (Å²) >= 11 is 0. The average Bonchev–Trinajstić information content (AvgIpc) is 2.35. The van der Waals surface area contributed by atoms with Gasteiger partial charge in [-0.25, -0.2) is 0 Å². The summed E-state index contributed by atoms with van der Waals surface area (Å²) in [4.78, 5) is 14.6. The summed E-state index contributed by atoms with van der Waals surface area (Å²) in [5.74, 6) is 0.904. The number of hydrogen-bond donors (Lipinski definition) is 1. The first kappa shape index (κ1) is 14.5. The summed E-state index contributed by atoms with van der Waals surface area (Å²) < 4.78 is 0. The van der Waals surface area contributed by atoms with Crippen molar-refractivity contribution < 1.29 is 4.79 Å². The van der Waals surface area contributed by atoms with E-state index in [4.69, 9.17) is 0 Å². The van der Waals surface area contributed by atoms with Crippen molar-refractivity contribution in [1.29, 1.82) is 0 Å². The molecule has 0 aromatic carbocycles. The largest absolute Gasteiger partial charge is 0.337 e. The lowest BCUT2D eigenvalue weighted by molar-refractivity contribution is -0.140. The van der Waals surface area contributed by atoms with E-state index in [-0.39, 0.29) is 5.92 Å². The van der Waals surface area contributed by atoms with Gasteiger partial charge in [-0.15, -0.1) is 0 Å². The number of hydrogen-bond acceptors (Lipinski definition) is 2. The molecule has 3 atom stereocenters. The van der Waals surface area contributed by atoms with Gasteiger partial charge in [-0.1, -0.05) is 34.6 Å². The molecule has 0 radical (unpaired) electrons. The zero-order valence-electron chi connectivity index (χ0n) is 12.0. The van der Waals surface area contributed by atoms with Crippen LogP contribution in [0.5, 0.6) is 0 Å². The number of carbonyl (C=O) groups excluding carboxylic acids is 1. The van der Waals surface area contributed by atoms with Crippen LogP contribution in [0.25, 0.3) is 0 Å². The van der Waals surface area contributed by atoms with E-state index in [0.717, 1.165) is 25.9 Å².